The summed E-state index contributed by atoms with van der Waals surface area (Å²) in [5, 5.41) is 17.0. The van der Waals surface area contributed by atoms with Crippen LogP contribution in [0.4, 0.5) is 11.4 Å². The van der Waals surface area contributed by atoms with Gasteiger partial charge in [-0.15, -0.1) is 0 Å². The van der Waals surface area contributed by atoms with Gasteiger partial charge >= 0.3 is 0 Å². The molecule has 0 spiro atoms. The van der Waals surface area contributed by atoms with Gasteiger partial charge in [-0.1, -0.05) is 0 Å². The average molecular weight is 293 g/mol. The summed E-state index contributed by atoms with van der Waals surface area (Å²) < 4.78 is 4.97. The van der Waals surface area contributed by atoms with E-state index in [9.17, 15) is 14.9 Å². The fourth-order valence-corrected chi connectivity index (χ4v) is 2.50. The molecule has 1 aromatic carbocycles. The highest BCUT2D eigenvalue weighted by atomic mass is 16.6. The van der Waals surface area contributed by atoms with Crippen LogP contribution in [0.5, 0.6) is 5.75 Å². The highest BCUT2D eigenvalue weighted by molar-refractivity contribution is 5.94. The molecule has 0 aromatic heterocycles. The predicted molar refractivity (Wildman–Crippen MR) is 78.5 cm³/mol. The van der Waals surface area contributed by atoms with Gasteiger partial charge in [-0.25, -0.2) is 0 Å². The number of rotatable bonds is 4. The van der Waals surface area contributed by atoms with Gasteiger partial charge in [0, 0.05) is 12.0 Å². The van der Waals surface area contributed by atoms with E-state index in [1.807, 2.05) is 6.92 Å². The lowest BCUT2D eigenvalue weighted by atomic mass is 9.92. The number of nitrogens with zero attached hydrogens (tertiary/aromatic N) is 1. The molecular weight excluding hydrogens is 274 g/mol. The maximum atomic E-state index is 12.2. The second kappa shape index (κ2) is 6.53. The number of benzene rings is 1. The van der Waals surface area contributed by atoms with Crippen LogP contribution in [0.2, 0.25) is 0 Å². The van der Waals surface area contributed by atoms with E-state index in [0.29, 0.717) is 5.75 Å². The van der Waals surface area contributed by atoms with Gasteiger partial charge in [0.2, 0.25) is 5.91 Å². The lowest BCUT2D eigenvalue weighted by molar-refractivity contribution is -0.384. The Balaban J connectivity index is 2.14. The van der Waals surface area contributed by atoms with E-state index in [2.05, 4.69) is 10.6 Å². The molecule has 1 amide bonds. The lowest BCUT2D eigenvalue weighted by Crippen LogP contribution is -2.40. The molecule has 2 N–H and O–H groups in total. The van der Waals surface area contributed by atoms with Crippen LogP contribution in [0, 0.1) is 16.0 Å². The van der Waals surface area contributed by atoms with Gasteiger partial charge in [0.15, 0.2) is 0 Å². The summed E-state index contributed by atoms with van der Waals surface area (Å²) in [6, 6.07) is 4.67. The minimum Gasteiger partial charge on any atom is -0.496 e. The maximum Gasteiger partial charge on any atom is 0.296 e. The number of piperidine rings is 1. The van der Waals surface area contributed by atoms with Crippen molar-refractivity contribution < 1.29 is 14.5 Å². The van der Waals surface area contributed by atoms with Crippen molar-refractivity contribution in [2.45, 2.75) is 25.8 Å². The molecule has 1 fully saturated rings. The minimum atomic E-state index is -0.525. The molecule has 114 valence electrons. The number of nitro groups is 1. The van der Waals surface area contributed by atoms with E-state index in [1.54, 1.807) is 6.07 Å². The van der Waals surface area contributed by atoms with Crippen LogP contribution in [0.15, 0.2) is 18.2 Å². The number of amides is 1. The first-order valence-electron chi connectivity index (χ1n) is 6.88. The molecule has 0 bridgehead atoms. The van der Waals surface area contributed by atoms with Crippen LogP contribution < -0.4 is 15.4 Å². The molecule has 0 aliphatic carbocycles. The van der Waals surface area contributed by atoms with Crippen molar-refractivity contribution in [2.24, 2.45) is 5.92 Å². The normalized spacial score (nSPS) is 21.6. The molecule has 2 unspecified atom stereocenters. The van der Waals surface area contributed by atoms with E-state index in [0.717, 1.165) is 19.4 Å². The Kier molecular flexibility index (Phi) is 4.74. The van der Waals surface area contributed by atoms with Crippen molar-refractivity contribution in [3.8, 4) is 5.75 Å². The quantitative estimate of drug-likeness (QED) is 0.653. The Bertz CT molecular complexity index is 547. The van der Waals surface area contributed by atoms with Crippen molar-refractivity contribution in [2.75, 3.05) is 19.0 Å². The molecule has 0 saturated carbocycles. The molecular formula is C14H19N3O4. The van der Waals surface area contributed by atoms with Crippen molar-refractivity contribution in [3.05, 3.63) is 28.3 Å². The molecule has 1 aliphatic heterocycles. The van der Waals surface area contributed by atoms with Gasteiger partial charge in [0.05, 0.1) is 18.1 Å². The molecule has 21 heavy (non-hydrogen) atoms. The summed E-state index contributed by atoms with van der Waals surface area (Å²) in [5.41, 5.74) is 0.0432. The van der Waals surface area contributed by atoms with E-state index in [1.165, 1.54) is 19.2 Å². The first-order valence-corrected chi connectivity index (χ1v) is 6.88. The molecule has 2 atom stereocenters. The van der Waals surface area contributed by atoms with E-state index in [-0.39, 0.29) is 29.2 Å². The monoisotopic (exact) mass is 293 g/mol. The van der Waals surface area contributed by atoms with Gasteiger partial charge in [0.25, 0.3) is 5.69 Å². The van der Waals surface area contributed by atoms with Gasteiger partial charge in [-0.2, -0.15) is 0 Å². The first-order chi connectivity index (χ1) is 10.0. The number of carbonyl (C=O) groups excluding carboxylic acids is 1. The fourth-order valence-electron chi connectivity index (χ4n) is 2.50. The minimum absolute atomic E-state index is 0.122. The van der Waals surface area contributed by atoms with E-state index in [4.69, 9.17) is 4.74 Å². The zero-order valence-electron chi connectivity index (χ0n) is 12.1. The van der Waals surface area contributed by atoms with E-state index < -0.39 is 4.92 Å². The highest BCUT2D eigenvalue weighted by Crippen LogP contribution is 2.30. The largest absolute Gasteiger partial charge is 0.496 e. The molecule has 0 radical (unpaired) electrons. The predicted octanol–water partition coefficient (Wildman–Crippen LogP) is 1.93. The molecule has 1 saturated heterocycles. The number of nitrogens with one attached hydrogen (secondary N) is 2. The van der Waals surface area contributed by atoms with Gasteiger partial charge in [0.1, 0.15) is 11.4 Å². The molecule has 1 heterocycles. The maximum absolute atomic E-state index is 12.2. The molecule has 1 aliphatic rings. The second-order valence-corrected chi connectivity index (χ2v) is 5.21. The molecule has 7 nitrogen and oxygen atoms in total. The standard InChI is InChI=1S/C14H19N3O4/c1-9-7-10(5-6-15-9)14(18)16-12-4-3-11(21-2)8-13(12)17(19)20/h3-4,8-10,15H,5-7H2,1-2H3,(H,16,18). The average Bonchev–Trinajstić information content (AvgIpc) is 2.47. The Morgan fingerprint density at radius 3 is 2.90 bits per heavy atom. The Labute approximate surface area is 122 Å². The Morgan fingerprint density at radius 1 is 1.52 bits per heavy atom. The molecule has 1 aromatic rings. The van der Waals surface area contributed by atoms with Crippen LogP contribution in [0.25, 0.3) is 0 Å². The smallest absolute Gasteiger partial charge is 0.296 e. The number of ether oxygens (including phenoxy) is 1. The van der Waals surface area contributed by atoms with Gasteiger partial charge < -0.3 is 15.4 Å². The summed E-state index contributed by atoms with van der Waals surface area (Å²) in [5.74, 6) is 0.0924. The molecule has 2 rings (SSSR count). The fraction of sp³-hybridized carbons (Fsp3) is 0.500. The van der Waals surface area contributed by atoms with Crippen LogP contribution in [0.3, 0.4) is 0 Å². The second-order valence-electron chi connectivity index (χ2n) is 5.21. The highest BCUT2D eigenvalue weighted by Gasteiger charge is 2.26. The summed E-state index contributed by atoms with van der Waals surface area (Å²) in [6.07, 6.45) is 1.47. The zero-order chi connectivity index (χ0) is 15.4. The number of nitro benzene ring substituents is 1. The van der Waals surface area contributed by atoms with Crippen molar-refractivity contribution in [1.82, 2.24) is 5.32 Å². The number of anilines is 1. The lowest BCUT2D eigenvalue weighted by Gasteiger charge is -2.27. The molecule has 7 heteroatoms. The first kappa shape index (κ1) is 15.2. The summed E-state index contributed by atoms with van der Waals surface area (Å²) in [4.78, 5) is 22.8. The van der Waals surface area contributed by atoms with Crippen LogP contribution in [-0.4, -0.2) is 30.5 Å². The SMILES string of the molecule is COc1ccc(NC(=O)C2CCNC(C)C2)c([N+](=O)[O-])c1. The number of methoxy groups -OCH3 is 1. The summed E-state index contributed by atoms with van der Waals surface area (Å²) in [7, 11) is 1.44. The van der Waals surface area contributed by atoms with Crippen LogP contribution in [0.1, 0.15) is 19.8 Å². The topological polar surface area (TPSA) is 93.5 Å². The Morgan fingerprint density at radius 2 is 2.29 bits per heavy atom. The number of hydrogen-bond acceptors (Lipinski definition) is 5. The third kappa shape index (κ3) is 3.69. The van der Waals surface area contributed by atoms with Gasteiger partial charge in [-0.05, 0) is 38.4 Å². The summed E-state index contributed by atoms with van der Waals surface area (Å²) in [6.45, 7) is 2.80. The van der Waals surface area contributed by atoms with Crippen LogP contribution >= 0.6 is 0 Å². The van der Waals surface area contributed by atoms with E-state index >= 15 is 0 Å². The summed E-state index contributed by atoms with van der Waals surface area (Å²) >= 11 is 0. The van der Waals surface area contributed by atoms with Crippen molar-refractivity contribution >= 4 is 17.3 Å². The van der Waals surface area contributed by atoms with Crippen molar-refractivity contribution in [3.63, 3.8) is 0 Å². The van der Waals surface area contributed by atoms with Crippen LogP contribution in [-0.2, 0) is 4.79 Å². The zero-order valence-corrected chi connectivity index (χ0v) is 12.1. The number of carbonyl (C=O) groups is 1. The van der Waals surface area contributed by atoms with Gasteiger partial charge in [-0.3, -0.25) is 14.9 Å². The number of hydrogen-bond donors (Lipinski definition) is 2. The van der Waals surface area contributed by atoms with Crippen molar-refractivity contribution in [1.29, 1.82) is 0 Å². The third-order valence-corrected chi connectivity index (χ3v) is 3.65. The third-order valence-electron chi connectivity index (χ3n) is 3.65. The Hall–Kier alpha value is -2.15.